The maximum absolute atomic E-state index is 10.7. The summed E-state index contributed by atoms with van der Waals surface area (Å²) >= 11 is 4.34. The van der Waals surface area contributed by atoms with Crippen LogP contribution in [-0.4, -0.2) is 15.1 Å². The Morgan fingerprint density at radius 1 is 1.50 bits per heavy atom. The van der Waals surface area contributed by atoms with Crippen molar-refractivity contribution >= 4 is 38.1 Å². The van der Waals surface area contributed by atoms with Gasteiger partial charge in [-0.25, -0.2) is 0 Å². The molecule has 2 N–H and O–H groups in total. The minimum Gasteiger partial charge on any atom is -0.485 e. The molecule has 1 aromatic carbocycles. The standard InChI is InChI=1S/C9H7BrN4O3S/c10-8-5(14(15)16)2-1-3-6(8)17-4-7-12-13-9(11)18-7/h1-3H,4H2,(H2,11,13). The van der Waals surface area contributed by atoms with Crippen LogP contribution < -0.4 is 10.5 Å². The molecule has 0 unspecified atom stereocenters. The number of ether oxygens (including phenoxy) is 1. The molecule has 0 radical (unpaired) electrons. The van der Waals surface area contributed by atoms with E-state index in [1.165, 1.54) is 17.4 Å². The summed E-state index contributed by atoms with van der Waals surface area (Å²) in [7, 11) is 0. The van der Waals surface area contributed by atoms with E-state index in [0.717, 1.165) is 0 Å². The van der Waals surface area contributed by atoms with Gasteiger partial charge in [-0.05, 0) is 22.0 Å². The number of halogens is 1. The third-order valence-electron chi connectivity index (χ3n) is 1.97. The van der Waals surface area contributed by atoms with E-state index in [4.69, 9.17) is 10.5 Å². The van der Waals surface area contributed by atoms with Gasteiger partial charge in [0.25, 0.3) is 5.69 Å². The molecule has 1 aromatic heterocycles. The summed E-state index contributed by atoms with van der Waals surface area (Å²) in [5.41, 5.74) is 5.38. The van der Waals surface area contributed by atoms with Crippen LogP contribution in [-0.2, 0) is 6.61 Å². The van der Waals surface area contributed by atoms with Gasteiger partial charge in [-0.3, -0.25) is 10.1 Å². The Balaban J connectivity index is 2.14. The lowest BCUT2D eigenvalue weighted by Crippen LogP contribution is -1.97. The normalized spacial score (nSPS) is 10.3. The fourth-order valence-corrected chi connectivity index (χ4v) is 2.26. The van der Waals surface area contributed by atoms with Crippen molar-refractivity contribution in [2.75, 3.05) is 5.73 Å². The van der Waals surface area contributed by atoms with Crippen LogP contribution in [0.25, 0.3) is 0 Å². The number of nitrogens with two attached hydrogens (primary N) is 1. The van der Waals surface area contributed by atoms with Crippen molar-refractivity contribution in [3.8, 4) is 5.75 Å². The second kappa shape index (κ2) is 5.27. The van der Waals surface area contributed by atoms with E-state index in [1.54, 1.807) is 12.1 Å². The summed E-state index contributed by atoms with van der Waals surface area (Å²) in [5.74, 6) is 0.373. The minimum absolute atomic E-state index is 0.0516. The molecule has 9 heteroatoms. The Hall–Kier alpha value is -1.74. The number of benzene rings is 1. The Labute approximate surface area is 114 Å². The molecule has 0 amide bonds. The van der Waals surface area contributed by atoms with E-state index >= 15 is 0 Å². The topological polar surface area (TPSA) is 104 Å². The first-order valence-electron chi connectivity index (χ1n) is 4.71. The largest absolute Gasteiger partial charge is 0.485 e. The second-order valence-electron chi connectivity index (χ2n) is 3.17. The maximum Gasteiger partial charge on any atom is 0.287 e. The molecule has 2 aromatic rings. The lowest BCUT2D eigenvalue weighted by Gasteiger charge is -2.05. The highest BCUT2D eigenvalue weighted by atomic mass is 79.9. The average Bonchev–Trinajstić information content (AvgIpc) is 2.73. The van der Waals surface area contributed by atoms with Gasteiger partial charge < -0.3 is 10.5 Å². The SMILES string of the molecule is Nc1nnc(COc2cccc([N+](=O)[O-])c2Br)s1. The number of rotatable bonds is 4. The van der Waals surface area contributed by atoms with Crippen molar-refractivity contribution in [2.24, 2.45) is 0 Å². The van der Waals surface area contributed by atoms with Crippen LogP contribution in [0.4, 0.5) is 10.8 Å². The summed E-state index contributed by atoms with van der Waals surface area (Å²) < 4.78 is 5.73. The average molecular weight is 331 g/mol. The second-order valence-corrected chi connectivity index (χ2v) is 5.06. The summed E-state index contributed by atoms with van der Waals surface area (Å²) in [6, 6.07) is 4.56. The van der Waals surface area contributed by atoms with Crippen LogP contribution in [0.15, 0.2) is 22.7 Å². The highest BCUT2D eigenvalue weighted by Gasteiger charge is 2.16. The molecule has 0 atom stereocenters. The molecule has 0 saturated carbocycles. The molecule has 94 valence electrons. The molecular weight excluding hydrogens is 324 g/mol. The fourth-order valence-electron chi connectivity index (χ4n) is 1.22. The number of nitro groups is 1. The van der Waals surface area contributed by atoms with Crippen molar-refractivity contribution in [1.29, 1.82) is 0 Å². The highest BCUT2D eigenvalue weighted by molar-refractivity contribution is 9.10. The van der Waals surface area contributed by atoms with Crippen LogP contribution >= 0.6 is 27.3 Å². The van der Waals surface area contributed by atoms with Crippen molar-refractivity contribution in [2.45, 2.75) is 6.61 Å². The quantitative estimate of drug-likeness (QED) is 0.681. The van der Waals surface area contributed by atoms with Crippen LogP contribution in [0.5, 0.6) is 5.75 Å². The van der Waals surface area contributed by atoms with Gasteiger partial charge in [-0.15, -0.1) is 10.2 Å². The number of hydrogen-bond acceptors (Lipinski definition) is 7. The van der Waals surface area contributed by atoms with Crippen molar-refractivity contribution in [3.63, 3.8) is 0 Å². The van der Waals surface area contributed by atoms with Gasteiger partial charge in [0.1, 0.15) is 16.8 Å². The Kier molecular flexibility index (Phi) is 3.72. The van der Waals surface area contributed by atoms with Gasteiger partial charge in [0.05, 0.1) is 4.92 Å². The molecule has 0 aliphatic heterocycles. The van der Waals surface area contributed by atoms with Crippen molar-refractivity contribution in [3.05, 3.63) is 37.8 Å². The van der Waals surface area contributed by atoms with E-state index in [-0.39, 0.29) is 12.3 Å². The van der Waals surface area contributed by atoms with E-state index in [9.17, 15) is 10.1 Å². The van der Waals surface area contributed by atoms with Gasteiger partial charge in [0, 0.05) is 6.07 Å². The number of nitrogen functional groups attached to an aromatic ring is 1. The zero-order valence-corrected chi connectivity index (χ0v) is 11.3. The molecule has 2 rings (SSSR count). The van der Waals surface area contributed by atoms with Gasteiger partial charge in [0.15, 0.2) is 5.01 Å². The lowest BCUT2D eigenvalue weighted by molar-refractivity contribution is -0.385. The number of anilines is 1. The molecule has 7 nitrogen and oxygen atoms in total. The third-order valence-corrected chi connectivity index (χ3v) is 3.50. The van der Waals surface area contributed by atoms with E-state index in [0.29, 0.717) is 20.4 Å². The van der Waals surface area contributed by atoms with Crippen LogP contribution in [0.3, 0.4) is 0 Å². The Morgan fingerprint density at radius 2 is 2.28 bits per heavy atom. The number of aromatic nitrogens is 2. The van der Waals surface area contributed by atoms with Crippen LogP contribution in [0.2, 0.25) is 0 Å². The third kappa shape index (κ3) is 2.74. The van der Waals surface area contributed by atoms with E-state index in [2.05, 4.69) is 26.1 Å². The first-order valence-corrected chi connectivity index (χ1v) is 6.32. The maximum atomic E-state index is 10.7. The number of nitro benzene ring substituents is 1. The molecule has 0 aliphatic rings. The smallest absolute Gasteiger partial charge is 0.287 e. The van der Waals surface area contributed by atoms with Gasteiger partial charge >= 0.3 is 0 Å². The fraction of sp³-hybridized carbons (Fsp3) is 0.111. The molecule has 1 heterocycles. The predicted molar refractivity (Wildman–Crippen MR) is 69.4 cm³/mol. The van der Waals surface area contributed by atoms with Crippen LogP contribution in [0.1, 0.15) is 5.01 Å². The van der Waals surface area contributed by atoms with Gasteiger partial charge in [0.2, 0.25) is 5.13 Å². The minimum atomic E-state index is -0.486. The van der Waals surface area contributed by atoms with Gasteiger partial charge in [-0.1, -0.05) is 17.4 Å². The number of hydrogen-bond donors (Lipinski definition) is 1. The summed E-state index contributed by atoms with van der Waals surface area (Å²) in [4.78, 5) is 10.2. The zero-order chi connectivity index (χ0) is 13.1. The molecule has 0 saturated heterocycles. The lowest BCUT2D eigenvalue weighted by atomic mass is 10.3. The Bertz CT molecular complexity index is 589. The van der Waals surface area contributed by atoms with Gasteiger partial charge in [-0.2, -0.15) is 0 Å². The monoisotopic (exact) mass is 330 g/mol. The molecule has 0 aliphatic carbocycles. The van der Waals surface area contributed by atoms with E-state index in [1.807, 2.05) is 0 Å². The molecule has 18 heavy (non-hydrogen) atoms. The molecule has 0 bridgehead atoms. The van der Waals surface area contributed by atoms with E-state index < -0.39 is 4.92 Å². The first-order chi connectivity index (χ1) is 8.58. The first kappa shape index (κ1) is 12.7. The molecule has 0 spiro atoms. The van der Waals surface area contributed by atoms with Crippen molar-refractivity contribution in [1.82, 2.24) is 10.2 Å². The van der Waals surface area contributed by atoms with Crippen LogP contribution in [0, 0.1) is 10.1 Å². The molecular formula is C9H7BrN4O3S. The summed E-state index contributed by atoms with van der Waals surface area (Å²) in [6.07, 6.45) is 0. The zero-order valence-electron chi connectivity index (χ0n) is 8.87. The van der Waals surface area contributed by atoms with Crippen molar-refractivity contribution < 1.29 is 9.66 Å². The predicted octanol–water partition coefficient (Wildman–Crippen LogP) is 2.37. The summed E-state index contributed by atoms with van der Waals surface area (Å²) in [5, 5.41) is 19.1. The molecule has 0 fully saturated rings. The summed E-state index contributed by atoms with van der Waals surface area (Å²) in [6.45, 7) is 0.161. The highest BCUT2D eigenvalue weighted by Crippen LogP contribution is 2.34. The Morgan fingerprint density at radius 3 is 2.89 bits per heavy atom. The number of nitrogens with zero attached hydrogens (tertiary/aromatic N) is 3.